The largest absolute Gasteiger partial charge is 0.493 e. The third-order valence-corrected chi connectivity index (χ3v) is 5.47. The zero-order chi connectivity index (χ0) is 23.1. The molecule has 7 heteroatoms. The van der Waals surface area contributed by atoms with Gasteiger partial charge in [0.1, 0.15) is 0 Å². The molecule has 0 aliphatic heterocycles. The van der Waals surface area contributed by atoms with Crippen LogP contribution in [0.15, 0.2) is 54.7 Å². The highest BCUT2D eigenvalue weighted by molar-refractivity contribution is 5.99. The SMILES string of the molecule is CCN(CCNC(=O)c1nn(-c2ccccc2)cc1-c1ccc(OC)c(OC)c1)C(C)C. The van der Waals surface area contributed by atoms with Crippen molar-refractivity contribution >= 4 is 5.91 Å². The number of methoxy groups -OCH3 is 2. The van der Waals surface area contributed by atoms with Gasteiger partial charge in [-0.25, -0.2) is 4.68 Å². The lowest BCUT2D eigenvalue weighted by molar-refractivity contribution is 0.0941. The Balaban J connectivity index is 1.94. The minimum Gasteiger partial charge on any atom is -0.493 e. The monoisotopic (exact) mass is 436 g/mol. The number of hydrogen-bond donors (Lipinski definition) is 1. The standard InChI is InChI=1S/C25H32N4O3/c1-6-28(18(2)3)15-14-26-25(30)24-21(17-29(27-24)20-10-8-7-9-11-20)19-12-13-22(31-4)23(16-19)32-5/h7-13,16-18H,6,14-15H2,1-5H3,(H,26,30). The van der Waals surface area contributed by atoms with Gasteiger partial charge in [0.2, 0.25) is 0 Å². The fraction of sp³-hybridized carbons (Fsp3) is 0.360. The molecule has 2 aromatic carbocycles. The smallest absolute Gasteiger partial charge is 0.272 e. The topological polar surface area (TPSA) is 68.6 Å². The molecule has 0 unspecified atom stereocenters. The zero-order valence-corrected chi connectivity index (χ0v) is 19.5. The van der Waals surface area contributed by atoms with E-state index in [1.165, 1.54) is 0 Å². The van der Waals surface area contributed by atoms with Crippen molar-refractivity contribution < 1.29 is 14.3 Å². The number of carbonyl (C=O) groups excluding carboxylic acids is 1. The first-order valence-electron chi connectivity index (χ1n) is 10.9. The minimum atomic E-state index is -0.204. The highest BCUT2D eigenvalue weighted by Gasteiger charge is 2.20. The summed E-state index contributed by atoms with van der Waals surface area (Å²) in [5, 5.41) is 7.66. The maximum atomic E-state index is 13.1. The van der Waals surface area contributed by atoms with Crippen molar-refractivity contribution in [2.24, 2.45) is 0 Å². The molecule has 1 N–H and O–H groups in total. The molecule has 1 heterocycles. The summed E-state index contributed by atoms with van der Waals surface area (Å²) in [5.74, 6) is 1.02. The van der Waals surface area contributed by atoms with Gasteiger partial charge < -0.3 is 14.8 Å². The predicted molar refractivity (Wildman–Crippen MR) is 127 cm³/mol. The van der Waals surface area contributed by atoms with E-state index in [0.29, 0.717) is 29.8 Å². The molecule has 0 saturated carbocycles. The highest BCUT2D eigenvalue weighted by atomic mass is 16.5. The second-order valence-corrected chi connectivity index (χ2v) is 7.72. The normalized spacial score (nSPS) is 11.1. The van der Waals surface area contributed by atoms with Gasteiger partial charge in [0.05, 0.1) is 19.9 Å². The Kier molecular flexibility index (Phi) is 7.89. The molecule has 1 amide bonds. The molecular weight excluding hydrogens is 404 g/mol. The number of hydrogen-bond acceptors (Lipinski definition) is 5. The Morgan fingerprint density at radius 3 is 2.44 bits per heavy atom. The number of aromatic nitrogens is 2. The molecule has 3 rings (SSSR count). The third kappa shape index (κ3) is 5.29. The van der Waals surface area contributed by atoms with Crippen molar-refractivity contribution in [3.8, 4) is 28.3 Å². The summed E-state index contributed by atoms with van der Waals surface area (Å²) in [6, 6.07) is 15.8. The average Bonchev–Trinajstić information content (AvgIpc) is 3.27. The summed E-state index contributed by atoms with van der Waals surface area (Å²) in [7, 11) is 3.19. The number of nitrogens with zero attached hydrogens (tertiary/aromatic N) is 3. The van der Waals surface area contributed by atoms with E-state index >= 15 is 0 Å². The maximum absolute atomic E-state index is 13.1. The summed E-state index contributed by atoms with van der Waals surface area (Å²) in [6.07, 6.45) is 1.87. The molecule has 1 aromatic heterocycles. The van der Waals surface area contributed by atoms with Crippen LogP contribution in [0.2, 0.25) is 0 Å². The van der Waals surface area contributed by atoms with Crippen LogP contribution in [0.3, 0.4) is 0 Å². The third-order valence-electron chi connectivity index (χ3n) is 5.47. The van der Waals surface area contributed by atoms with Crippen molar-refractivity contribution in [3.63, 3.8) is 0 Å². The summed E-state index contributed by atoms with van der Waals surface area (Å²) < 4.78 is 12.5. The Morgan fingerprint density at radius 1 is 1.09 bits per heavy atom. The highest BCUT2D eigenvalue weighted by Crippen LogP contribution is 2.34. The summed E-state index contributed by atoms with van der Waals surface area (Å²) in [4.78, 5) is 15.4. The van der Waals surface area contributed by atoms with Crippen molar-refractivity contribution in [2.75, 3.05) is 33.9 Å². The molecule has 0 aliphatic rings. The van der Waals surface area contributed by atoms with Crippen LogP contribution < -0.4 is 14.8 Å². The number of benzene rings is 2. The van der Waals surface area contributed by atoms with E-state index in [0.717, 1.165) is 29.9 Å². The first-order chi connectivity index (χ1) is 15.5. The number of ether oxygens (including phenoxy) is 2. The van der Waals surface area contributed by atoms with Crippen LogP contribution in [0, 0.1) is 0 Å². The van der Waals surface area contributed by atoms with E-state index in [2.05, 4.69) is 36.1 Å². The van der Waals surface area contributed by atoms with Gasteiger partial charge in [-0.2, -0.15) is 5.10 Å². The molecular formula is C25H32N4O3. The summed E-state index contributed by atoms with van der Waals surface area (Å²) in [5.41, 5.74) is 2.80. The Bertz CT molecular complexity index is 1030. The lowest BCUT2D eigenvalue weighted by Gasteiger charge is -2.24. The van der Waals surface area contributed by atoms with Crippen LogP contribution in [-0.4, -0.2) is 60.5 Å². The van der Waals surface area contributed by atoms with Gasteiger partial charge in [-0.15, -0.1) is 0 Å². The van der Waals surface area contributed by atoms with E-state index in [1.54, 1.807) is 18.9 Å². The molecule has 0 spiro atoms. The summed E-state index contributed by atoms with van der Waals surface area (Å²) in [6.45, 7) is 8.70. The molecule has 32 heavy (non-hydrogen) atoms. The van der Waals surface area contributed by atoms with Crippen molar-refractivity contribution in [2.45, 2.75) is 26.8 Å². The van der Waals surface area contributed by atoms with Gasteiger partial charge in [-0.1, -0.05) is 31.2 Å². The lowest BCUT2D eigenvalue weighted by atomic mass is 10.1. The van der Waals surface area contributed by atoms with Gasteiger partial charge in [-0.05, 0) is 50.2 Å². The average molecular weight is 437 g/mol. The number of nitrogens with one attached hydrogen (secondary N) is 1. The second kappa shape index (κ2) is 10.8. The molecule has 0 radical (unpaired) electrons. The predicted octanol–water partition coefficient (Wildman–Crippen LogP) is 4.02. The molecule has 170 valence electrons. The molecule has 0 atom stereocenters. The number of para-hydroxylation sites is 1. The number of amides is 1. The molecule has 0 fully saturated rings. The van der Waals surface area contributed by atoms with Crippen molar-refractivity contribution in [1.82, 2.24) is 20.0 Å². The Labute approximate surface area is 190 Å². The molecule has 0 saturated heterocycles. The van der Waals surface area contributed by atoms with Crippen LogP contribution in [-0.2, 0) is 0 Å². The minimum absolute atomic E-state index is 0.204. The van der Waals surface area contributed by atoms with E-state index in [1.807, 2.05) is 54.7 Å². The van der Waals surface area contributed by atoms with Crippen LogP contribution in [0.4, 0.5) is 0 Å². The van der Waals surface area contributed by atoms with E-state index in [-0.39, 0.29) is 5.91 Å². The Morgan fingerprint density at radius 2 is 1.81 bits per heavy atom. The van der Waals surface area contributed by atoms with Gasteiger partial charge >= 0.3 is 0 Å². The fourth-order valence-electron chi connectivity index (χ4n) is 3.65. The first-order valence-corrected chi connectivity index (χ1v) is 10.9. The maximum Gasteiger partial charge on any atom is 0.272 e. The molecule has 3 aromatic rings. The zero-order valence-electron chi connectivity index (χ0n) is 19.5. The van der Waals surface area contributed by atoms with Crippen LogP contribution in [0.25, 0.3) is 16.8 Å². The quantitative estimate of drug-likeness (QED) is 0.520. The van der Waals surface area contributed by atoms with Gasteiger partial charge in [0.25, 0.3) is 5.91 Å². The number of likely N-dealkylation sites (N-methyl/N-ethyl adjacent to an activating group) is 1. The fourth-order valence-corrected chi connectivity index (χ4v) is 3.65. The Hall–Kier alpha value is -3.32. The van der Waals surface area contributed by atoms with E-state index in [4.69, 9.17) is 9.47 Å². The van der Waals surface area contributed by atoms with Gasteiger partial charge in [0, 0.05) is 30.9 Å². The lowest BCUT2D eigenvalue weighted by Crippen LogP contribution is -2.38. The van der Waals surface area contributed by atoms with Gasteiger partial charge in [-0.3, -0.25) is 9.69 Å². The number of rotatable bonds is 10. The number of carbonyl (C=O) groups is 1. The molecule has 7 nitrogen and oxygen atoms in total. The van der Waals surface area contributed by atoms with Crippen LogP contribution in [0.1, 0.15) is 31.3 Å². The van der Waals surface area contributed by atoms with Crippen LogP contribution >= 0.6 is 0 Å². The van der Waals surface area contributed by atoms with Crippen molar-refractivity contribution in [3.05, 3.63) is 60.4 Å². The van der Waals surface area contributed by atoms with E-state index in [9.17, 15) is 4.79 Å². The first kappa shape index (κ1) is 23.3. The molecule has 0 bridgehead atoms. The van der Waals surface area contributed by atoms with E-state index < -0.39 is 0 Å². The molecule has 0 aliphatic carbocycles. The van der Waals surface area contributed by atoms with Crippen molar-refractivity contribution in [1.29, 1.82) is 0 Å². The second-order valence-electron chi connectivity index (χ2n) is 7.72. The van der Waals surface area contributed by atoms with Gasteiger partial charge in [0.15, 0.2) is 17.2 Å². The van der Waals surface area contributed by atoms with Crippen LogP contribution in [0.5, 0.6) is 11.5 Å². The summed E-state index contributed by atoms with van der Waals surface area (Å²) >= 11 is 0.